The SMILES string of the molecule is C/C=C\C1CCCN1C(=O)c1ccccc1N. The molecule has 1 aromatic rings. The molecule has 0 saturated carbocycles. The number of nitrogens with zero attached hydrogens (tertiary/aromatic N) is 1. The third-order valence-electron chi connectivity index (χ3n) is 3.17. The van der Waals surface area contributed by atoms with Crippen LogP contribution in [-0.2, 0) is 0 Å². The van der Waals surface area contributed by atoms with Gasteiger partial charge in [0, 0.05) is 12.2 Å². The zero-order valence-corrected chi connectivity index (χ0v) is 10.1. The van der Waals surface area contributed by atoms with Crippen molar-refractivity contribution in [1.29, 1.82) is 0 Å². The number of hydrogen-bond acceptors (Lipinski definition) is 2. The fourth-order valence-corrected chi connectivity index (χ4v) is 2.31. The topological polar surface area (TPSA) is 46.3 Å². The quantitative estimate of drug-likeness (QED) is 0.626. The number of para-hydroxylation sites is 1. The summed E-state index contributed by atoms with van der Waals surface area (Å²) in [5.41, 5.74) is 7.02. The van der Waals surface area contributed by atoms with Gasteiger partial charge in [-0.25, -0.2) is 0 Å². The van der Waals surface area contributed by atoms with E-state index in [4.69, 9.17) is 5.73 Å². The molecular formula is C14H18N2O. The molecule has 3 heteroatoms. The summed E-state index contributed by atoms with van der Waals surface area (Å²) in [7, 11) is 0. The zero-order chi connectivity index (χ0) is 12.3. The molecule has 1 aromatic carbocycles. The van der Waals surface area contributed by atoms with E-state index in [1.54, 1.807) is 12.1 Å². The fourth-order valence-electron chi connectivity index (χ4n) is 2.31. The second-order valence-electron chi connectivity index (χ2n) is 4.32. The molecule has 2 rings (SSSR count). The average molecular weight is 230 g/mol. The van der Waals surface area contributed by atoms with Crippen LogP contribution < -0.4 is 5.73 Å². The Balaban J connectivity index is 2.23. The summed E-state index contributed by atoms with van der Waals surface area (Å²) in [6.45, 7) is 2.81. The first kappa shape index (κ1) is 11.7. The number of nitrogens with two attached hydrogens (primary N) is 1. The van der Waals surface area contributed by atoms with Crippen molar-refractivity contribution >= 4 is 11.6 Å². The molecule has 3 nitrogen and oxygen atoms in total. The molecule has 0 aliphatic carbocycles. The van der Waals surface area contributed by atoms with Gasteiger partial charge in [-0.1, -0.05) is 24.3 Å². The van der Waals surface area contributed by atoms with Gasteiger partial charge in [0.15, 0.2) is 0 Å². The Morgan fingerprint density at radius 1 is 1.47 bits per heavy atom. The molecule has 0 bridgehead atoms. The minimum atomic E-state index is 0.0451. The normalized spacial score (nSPS) is 20.1. The highest BCUT2D eigenvalue weighted by atomic mass is 16.2. The first-order valence-corrected chi connectivity index (χ1v) is 6.02. The van der Waals surface area contributed by atoms with Crippen LogP contribution in [0.4, 0.5) is 5.69 Å². The molecular weight excluding hydrogens is 212 g/mol. The lowest BCUT2D eigenvalue weighted by Gasteiger charge is -2.22. The number of allylic oxidation sites excluding steroid dienone is 1. The van der Waals surface area contributed by atoms with Crippen LogP contribution in [0.3, 0.4) is 0 Å². The summed E-state index contributed by atoms with van der Waals surface area (Å²) in [6, 6.07) is 7.49. The fraction of sp³-hybridized carbons (Fsp3) is 0.357. The van der Waals surface area contributed by atoms with Crippen molar-refractivity contribution in [1.82, 2.24) is 4.90 Å². The van der Waals surface area contributed by atoms with E-state index < -0.39 is 0 Å². The van der Waals surface area contributed by atoms with Crippen molar-refractivity contribution in [2.75, 3.05) is 12.3 Å². The van der Waals surface area contributed by atoms with Crippen LogP contribution in [0, 0.1) is 0 Å². The lowest BCUT2D eigenvalue weighted by Crippen LogP contribution is -2.34. The third-order valence-corrected chi connectivity index (χ3v) is 3.17. The van der Waals surface area contributed by atoms with E-state index >= 15 is 0 Å². The van der Waals surface area contributed by atoms with Crippen LogP contribution in [0.25, 0.3) is 0 Å². The van der Waals surface area contributed by atoms with Crippen molar-refractivity contribution in [2.24, 2.45) is 0 Å². The Kier molecular flexibility index (Phi) is 3.47. The Morgan fingerprint density at radius 2 is 2.24 bits per heavy atom. The monoisotopic (exact) mass is 230 g/mol. The van der Waals surface area contributed by atoms with Crippen LogP contribution in [0.2, 0.25) is 0 Å². The van der Waals surface area contributed by atoms with Crippen LogP contribution in [0.1, 0.15) is 30.1 Å². The van der Waals surface area contributed by atoms with Gasteiger partial charge in [-0.2, -0.15) is 0 Å². The standard InChI is InChI=1S/C14H18N2O/c1-2-6-11-7-5-10-16(11)14(17)12-8-3-4-9-13(12)15/h2-4,6,8-9,11H,5,7,10,15H2,1H3/b6-2-. The Morgan fingerprint density at radius 3 is 2.94 bits per heavy atom. The third kappa shape index (κ3) is 2.33. The van der Waals surface area contributed by atoms with Gasteiger partial charge in [0.2, 0.25) is 0 Å². The second kappa shape index (κ2) is 5.04. The minimum Gasteiger partial charge on any atom is -0.398 e. The first-order chi connectivity index (χ1) is 8.24. The van der Waals surface area contributed by atoms with Gasteiger partial charge >= 0.3 is 0 Å². The van der Waals surface area contributed by atoms with Gasteiger partial charge in [0.25, 0.3) is 5.91 Å². The molecule has 1 amide bonds. The Labute approximate surface area is 102 Å². The predicted molar refractivity (Wildman–Crippen MR) is 69.7 cm³/mol. The zero-order valence-electron chi connectivity index (χ0n) is 10.1. The highest BCUT2D eigenvalue weighted by Crippen LogP contribution is 2.23. The van der Waals surface area contributed by atoms with Crippen LogP contribution in [0.5, 0.6) is 0 Å². The van der Waals surface area contributed by atoms with E-state index in [1.807, 2.05) is 30.0 Å². The minimum absolute atomic E-state index is 0.0451. The molecule has 1 saturated heterocycles. The summed E-state index contributed by atoms with van der Waals surface area (Å²) >= 11 is 0. The maximum atomic E-state index is 12.4. The van der Waals surface area contributed by atoms with Gasteiger partial charge in [-0.3, -0.25) is 4.79 Å². The number of hydrogen-bond donors (Lipinski definition) is 1. The van der Waals surface area contributed by atoms with Crippen molar-refractivity contribution in [2.45, 2.75) is 25.8 Å². The number of rotatable bonds is 2. The number of carbonyl (C=O) groups excluding carboxylic acids is 1. The number of benzene rings is 1. The van der Waals surface area contributed by atoms with Crippen molar-refractivity contribution < 1.29 is 4.79 Å². The van der Waals surface area contributed by atoms with E-state index in [0.717, 1.165) is 19.4 Å². The number of anilines is 1. The van der Waals surface area contributed by atoms with E-state index in [9.17, 15) is 4.79 Å². The Bertz CT molecular complexity index is 440. The summed E-state index contributed by atoms with van der Waals surface area (Å²) < 4.78 is 0. The first-order valence-electron chi connectivity index (χ1n) is 6.02. The molecule has 0 radical (unpaired) electrons. The van der Waals surface area contributed by atoms with Gasteiger partial charge in [0.05, 0.1) is 11.6 Å². The van der Waals surface area contributed by atoms with Crippen molar-refractivity contribution in [3.8, 4) is 0 Å². The molecule has 0 spiro atoms. The molecule has 0 aromatic heterocycles. The maximum absolute atomic E-state index is 12.4. The highest BCUT2D eigenvalue weighted by Gasteiger charge is 2.28. The largest absolute Gasteiger partial charge is 0.398 e. The molecule has 17 heavy (non-hydrogen) atoms. The van der Waals surface area contributed by atoms with Crippen LogP contribution >= 0.6 is 0 Å². The Hall–Kier alpha value is -1.77. The van der Waals surface area contributed by atoms with Gasteiger partial charge in [-0.05, 0) is 31.9 Å². The van der Waals surface area contributed by atoms with Gasteiger partial charge in [0.1, 0.15) is 0 Å². The average Bonchev–Trinajstić information content (AvgIpc) is 2.78. The predicted octanol–water partition coefficient (Wildman–Crippen LogP) is 2.45. The molecule has 1 unspecified atom stereocenters. The maximum Gasteiger partial charge on any atom is 0.256 e. The van der Waals surface area contributed by atoms with E-state index in [-0.39, 0.29) is 11.9 Å². The number of amides is 1. The lowest BCUT2D eigenvalue weighted by atomic mass is 10.1. The molecule has 1 aliphatic heterocycles. The molecule has 1 atom stereocenters. The molecule has 90 valence electrons. The van der Waals surface area contributed by atoms with E-state index in [1.165, 1.54) is 0 Å². The van der Waals surface area contributed by atoms with Gasteiger partial charge in [-0.15, -0.1) is 0 Å². The summed E-state index contributed by atoms with van der Waals surface area (Å²) in [6.07, 6.45) is 6.20. The number of nitrogen functional groups attached to an aromatic ring is 1. The van der Waals surface area contributed by atoms with E-state index in [0.29, 0.717) is 11.3 Å². The van der Waals surface area contributed by atoms with Gasteiger partial charge < -0.3 is 10.6 Å². The number of carbonyl (C=O) groups is 1. The van der Waals surface area contributed by atoms with Crippen LogP contribution in [-0.4, -0.2) is 23.4 Å². The smallest absolute Gasteiger partial charge is 0.256 e. The van der Waals surface area contributed by atoms with Crippen molar-refractivity contribution in [3.63, 3.8) is 0 Å². The summed E-state index contributed by atoms with van der Waals surface area (Å²) in [5.74, 6) is 0.0451. The molecule has 1 heterocycles. The molecule has 1 aliphatic rings. The lowest BCUT2D eigenvalue weighted by molar-refractivity contribution is 0.0762. The molecule has 2 N–H and O–H groups in total. The highest BCUT2D eigenvalue weighted by molar-refractivity contribution is 5.99. The summed E-state index contributed by atoms with van der Waals surface area (Å²) in [5, 5.41) is 0. The van der Waals surface area contributed by atoms with E-state index in [2.05, 4.69) is 6.08 Å². The summed E-state index contributed by atoms with van der Waals surface area (Å²) in [4.78, 5) is 14.3. The van der Waals surface area contributed by atoms with Crippen LogP contribution in [0.15, 0.2) is 36.4 Å². The van der Waals surface area contributed by atoms with Crippen molar-refractivity contribution in [3.05, 3.63) is 42.0 Å². The number of likely N-dealkylation sites (tertiary alicyclic amines) is 1. The molecule has 1 fully saturated rings. The second-order valence-corrected chi connectivity index (χ2v) is 4.32.